The maximum atomic E-state index is 8.78. The van der Waals surface area contributed by atoms with Crippen molar-refractivity contribution < 1.29 is 0 Å². The zero-order valence-corrected chi connectivity index (χ0v) is 12.5. The topological polar surface area (TPSA) is 107 Å². The molecule has 0 saturated heterocycles. The Morgan fingerprint density at radius 3 is 2.35 bits per heavy atom. The Labute approximate surface area is 119 Å². The lowest BCUT2D eigenvalue weighted by molar-refractivity contribution is 0.678. The molecule has 110 valence electrons. The van der Waals surface area contributed by atoms with Crippen LogP contribution in [0.4, 0.5) is 17.8 Å². The fourth-order valence-corrected chi connectivity index (χ4v) is 1.69. The van der Waals surface area contributed by atoms with E-state index in [9.17, 15) is 0 Å². The smallest absolute Gasteiger partial charge is 0.243 e. The molecule has 20 heavy (non-hydrogen) atoms. The molecule has 1 rings (SSSR count). The summed E-state index contributed by atoms with van der Waals surface area (Å²) in [5, 5.41) is 8.78. The summed E-state index contributed by atoms with van der Waals surface area (Å²) in [5.74, 6) is 6.80. The molecular formula is C12H22N8. The van der Waals surface area contributed by atoms with E-state index in [4.69, 9.17) is 11.1 Å². The zero-order valence-electron chi connectivity index (χ0n) is 12.5. The number of hydrogen-bond acceptors (Lipinski definition) is 8. The number of nitriles is 1. The standard InChI is InChI=1S/C12H22N8/c1-5-20(6-2)12-16-10(18-14)15-11(17-12)19(4)9(3)7-8-13/h9H,5-7,14H2,1-4H3,(H,15,16,17,18). The van der Waals surface area contributed by atoms with Crippen molar-refractivity contribution in [2.24, 2.45) is 5.84 Å². The van der Waals surface area contributed by atoms with E-state index in [1.807, 2.05) is 37.6 Å². The van der Waals surface area contributed by atoms with Crippen LogP contribution in [0.1, 0.15) is 27.2 Å². The number of nitrogens with two attached hydrogens (primary N) is 1. The van der Waals surface area contributed by atoms with Crippen molar-refractivity contribution in [3.63, 3.8) is 0 Å². The van der Waals surface area contributed by atoms with Gasteiger partial charge < -0.3 is 9.80 Å². The first kappa shape index (κ1) is 15.9. The molecule has 0 bridgehead atoms. The van der Waals surface area contributed by atoms with Crippen LogP contribution in [-0.2, 0) is 0 Å². The number of hydrazine groups is 1. The van der Waals surface area contributed by atoms with Gasteiger partial charge in [0.2, 0.25) is 17.8 Å². The minimum atomic E-state index is 0.0116. The van der Waals surface area contributed by atoms with Crippen molar-refractivity contribution in [1.82, 2.24) is 15.0 Å². The van der Waals surface area contributed by atoms with Crippen LogP contribution < -0.4 is 21.1 Å². The highest BCUT2D eigenvalue weighted by atomic mass is 15.4. The summed E-state index contributed by atoms with van der Waals surface area (Å²) in [7, 11) is 1.85. The van der Waals surface area contributed by atoms with Gasteiger partial charge in [0.1, 0.15) is 0 Å². The number of nitrogens with one attached hydrogen (secondary N) is 1. The number of nitrogens with zero attached hydrogens (tertiary/aromatic N) is 6. The molecule has 1 atom stereocenters. The van der Waals surface area contributed by atoms with Gasteiger partial charge in [0.05, 0.1) is 12.5 Å². The van der Waals surface area contributed by atoms with Gasteiger partial charge in [0.15, 0.2) is 0 Å². The first-order valence-corrected chi connectivity index (χ1v) is 6.64. The van der Waals surface area contributed by atoms with Gasteiger partial charge in [0, 0.05) is 26.2 Å². The van der Waals surface area contributed by atoms with Crippen LogP contribution in [0, 0.1) is 11.3 Å². The molecular weight excluding hydrogens is 256 g/mol. The normalized spacial score (nSPS) is 11.6. The van der Waals surface area contributed by atoms with Gasteiger partial charge in [-0.1, -0.05) is 0 Å². The Kier molecular flexibility index (Phi) is 5.93. The summed E-state index contributed by atoms with van der Waals surface area (Å²) < 4.78 is 0. The zero-order chi connectivity index (χ0) is 15.1. The lowest BCUT2D eigenvalue weighted by Crippen LogP contribution is -2.32. The van der Waals surface area contributed by atoms with Crippen molar-refractivity contribution in [3.8, 4) is 6.07 Å². The molecule has 0 aliphatic carbocycles. The predicted octanol–water partition coefficient (Wildman–Crippen LogP) is 0.742. The minimum absolute atomic E-state index is 0.0116. The molecule has 0 aliphatic heterocycles. The van der Waals surface area contributed by atoms with E-state index in [1.54, 1.807) is 0 Å². The van der Waals surface area contributed by atoms with Gasteiger partial charge in [-0.25, -0.2) is 5.84 Å². The molecule has 0 saturated carbocycles. The number of aromatic nitrogens is 3. The highest BCUT2D eigenvalue weighted by molar-refractivity contribution is 5.44. The lowest BCUT2D eigenvalue weighted by atomic mass is 10.2. The average molecular weight is 278 g/mol. The van der Waals surface area contributed by atoms with Gasteiger partial charge in [-0.05, 0) is 20.8 Å². The molecule has 8 nitrogen and oxygen atoms in total. The monoisotopic (exact) mass is 278 g/mol. The second-order valence-electron chi connectivity index (χ2n) is 4.40. The first-order valence-electron chi connectivity index (χ1n) is 6.64. The maximum Gasteiger partial charge on any atom is 0.243 e. The first-order chi connectivity index (χ1) is 9.57. The Hall–Kier alpha value is -2.14. The quantitative estimate of drug-likeness (QED) is 0.555. The van der Waals surface area contributed by atoms with E-state index in [0.717, 1.165) is 13.1 Å². The average Bonchev–Trinajstić information content (AvgIpc) is 2.47. The van der Waals surface area contributed by atoms with E-state index in [2.05, 4.69) is 26.4 Å². The summed E-state index contributed by atoms with van der Waals surface area (Å²) in [6.45, 7) is 7.59. The van der Waals surface area contributed by atoms with Crippen LogP contribution in [0.15, 0.2) is 0 Å². The van der Waals surface area contributed by atoms with E-state index in [-0.39, 0.29) is 6.04 Å². The van der Waals surface area contributed by atoms with Gasteiger partial charge >= 0.3 is 0 Å². The second-order valence-corrected chi connectivity index (χ2v) is 4.40. The number of nitrogen functional groups attached to an aromatic ring is 1. The van der Waals surface area contributed by atoms with Crippen LogP contribution in [0.3, 0.4) is 0 Å². The molecule has 0 amide bonds. The van der Waals surface area contributed by atoms with E-state index < -0.39 is 0 Å². The molecule has 0 aromatic carbocycles. The van der Waals surface area contributed by atoms with Crippen molar-refractivity contribution in [3.05, 3.63) is 0 Å². The molecule has 1 unspecified atom stereocenters. The van der Waals surface area contributed by atoms with Crippen LogP contribution in [0.25, 0.3) is 0 Å². The van der Waals surface area contributed by atoms with Crippen LogP contribution in [0.2, 0.25) is 0 Å². The Morgan fingerprint density at radius 2 is 1.85 bits per heavy atom. The molecule has 3 N–H and O–H groups in total. The van der Waals surface area contributed by atoms with E-state index in [1.165, 1.54) is 0 Å². The SMILES string of the molecule is CCN(CC)c1nc(NN)nc(N(C)C(C)CC#N)n1. The van der Waals surface area contributed by atoms with Gasteiger partial charge in [-0.3, -0.25) is 5.43 Å². The summed E-state index contributed by atoms with van der Waals surface area (Å²) in [5.41, 5.74) is 2.46. The summed E-state index contributed by atoms with van der Waals surface area (Å²) in [6, 6.07) is 2.15. The molecule has 1 aromatic heterocycles. The van der Waals surface area contributed by atoms with Crippen molar-refractivity contribution in [2.45, 2.75) is 33.2 Å². The highest BCUT2D eigenvalue weighted by Gasteiger charge is 2.17. The fourth-order valence-electron chi connectivity index (χ4n) is 1.69. The van der Waals surface area contributed by atoms with E-state index >= 15 is 0 Å². The highest BCUT2D eigenvalue weighted by Crippen LogP contribution is 2.17. The number of rotatable bonds is 7. The Bertz CT molecular complexity index is 465. The summed E-state index contributed by atoms with van der Waals surface area (Å²) in [4.78, 5) is 16.8. The summed E-state index contributed by atoms with van der Waals surface area (Å²) >= 11 is 0. The van der Waals surface area contributed by atoms with Gasteiger partial charge in [-0.2, -0.15) is 20.2 Å². The molecule has 0 radical (unpaired) electrons. The molecule has 0 fully saturated rings. The van der Waals surface area contributed by atoms with Crippen molar-refractivity contribution >= 4 is 17.8 Å². The largest absolute Gasteiger partial charge is 0.341 e. The molecule has 1 aromatic rings. The maximum absolute atomic E-state index is 8.78. The Morgan fingerprint density at radius 1 is 1.25 bits per heavy atom. The van der Waals surface area contributed by atoms with Crippen LogP contribution >= 0.6 is 0 Å². The van der Waals surface area contributed by atoms with Gasteiger partial charge in [0.25, 0.3) is 0 Å². The fraction of sp³-hybridized carbons (Fsp3) is 0.667. The third kappa shape index (κ3) is 3.68. The van der Waals surface area contributed by atoms with Crippen molar-refractivity contribution in [1.29, 1.82) is 5.26 Å². The molecule has 0 spiro atoms. The second kappa shape index (κ2) is 7.45. The molecule has 8 heteroatoms. The number of anilines is 3. The number of hydrogen-bond donors (Lipinski definition) is 2. The third-order valence-electron chi connectivity index (χ3n) is 3.15. The minimum Gasteiger partial charge on any atom is -0.341 e. The van der Waals surface area contributed by atoms with Crippen LogP contribution in [-0.4, -0.2) is 41.1 Å². The Balaban J connectivity index is 3.13. The lowest BCUT2D eigenvalue weighted by Gasteiger charge is -2.25. The van der Waals surface area contributed by atoms with Gasteiger partial charge in [-0.15, -0.1) is 0 Å². The molecule has 1 heterocycles. The predicted molar refractivity (Wildman–Crippen MR) is 79.3 cm³/mol. The van der Waals surface area contributed by atoms with E-state index in [0.29, 0.717) is 24.3 Å². The van der Waals surface area contributed by atoms with Crippen LogP contribution in [0.5, 0.6) is 0 Å². The molecule has 0 aliphatic rings. The van der Waals surface area contributed by atoms with Crippen molar-refractivity contribution in [2.75, 3.05) is 35.4 Å². The third-order valence-corrected chi connectivity index (χ3v) is 3.15. The summed E-state index contributed by atoms with van der Waals surface area (Å²) in [6.07, 6.45) is 0.397.